The Morgan fingerprint density at radius 1 is 0.972 bits per heavy atom. The zero-order chi connectivity index (χ0) is 25.3. The van der Waals surface area contributed by atoms with Gasteiger partial charge < -0.3 is 15.1 Å². The quantitative estimate of drug-likeness (QED) is 0.440. The van der Waals surface area contributed by atoms with Gasteiger partial charge in [-0.1, -0.05) is 24.3 Å². The normalized spacial score (nSPS) is 18.2. The number of nitrogens with zero attached hydrogens (tertiary/aromatic N) is 4. The predicted octanol–water partition coefficient (Wildman–Crippen LogP) is 5.71. The second kappa shape index (κ2) is 9.75. The summed E-state index contributed by atoms with van der Waals surface area (Å²) in [6, 6.07) is 12.3. The van der Waals surface area contributed by atoms with Crippen molar-refractivity contribution in [1.82, 2.24) is 9.97 Å². The largest absolute Gasteiger partial charge is 0.416 e. The highest BCUT2D eigenvalue weighted by Gasteiger charge is 2.33. The van der Waals surface area contributed by atoms with E-state index in [-0.39, 0.29) is 23.6 Å². The summed E-state index contributed by atoms with van der Waals surface area (Å²) in [7, 11) is 0. The first-order valence-corrected chi connectivity index (χ1v) is 11.9. The van der Waals surface area contributed by atoms with Gasteiger partial charge in [0.1, 0.15) is 6.33 Å². The van der Waals surface area contributed by atoms with E-state index in [1.807, 2.05) is 24.3 Å². The predicted molar refractivity (Wildman–Crippen MR) is 128 cm³/mol. The van der Waals surface area contributed by atoms with E-state index in [4.69, 9.17) is 0 Å². The van der Waals surface area contributed by atoms with E-state index in [0.29, 0.717) is 31.5 Å². The molecule has 0 saturated carbocycles. The van der Waals surface area contributed by atoms with E-state index in [9.17, 15) is 18.0 Å². The number of nitrogens with one attached hydrogen (secondary N) is 1. The van der Waals surface area contributed by atoms with Crippen molar-refractivity contribution in [2.24, 2.45) is 0 Å². The molecule has 3 heterocycles. The number of aromatic nitrogens is 2. The van der Waals surface area contributed by atoms with Crippen LogP contribution >= 0.6 is 0 Å². The summed E-state index contributed by atoms with van der Waals surface area (Å²) in [6.07, 6.45) is -0.249. The van der Waals surface area contributed by atoms with Crippen molar-refractivity contribution >= 4 is 23.2 Å². The number of hydrogen-bond acceptors (Lipinski definition) is 5. The molecule has 0 spiro atoms. The Hall–Kier alpha value is -3.69. The number of hydrogen-bond donors (Lipinski definition) is 1. The average Bonchev–Trinajstić information content (AvgIpc) is 3.53. The SMILES string of the molecule is O=C1CCCN1c1ccc(CNc2ncnc(N3CCCC3c3ccc(C(F)(F)F)cc3)c2F)cc1. The molecule has 0 radical (unpaired) electrons. The van der Waals surface area contributed by atoms with Gasteiger partial charge in [-0.15, -0.1) is 0 Å². The van der Waals surface area contributed by atoms with Crippen LogP contribution in [0.15, 0.2) is 54.9 Å². The number of carbonyl (C=O) groups excluding carboxylic acids is 1. The molecule has 5 rings (SSSR count). The minimum Gasteiger partial charge on any atom is -0.363 e. The molecule has 0 aliphatic carbocycles. The lowest BCUT2D eigenvalue weighted by atomic mass is 10.0. The second-order valence-corrected chi connectivity index (χ2v) is 9.00. The number of benzene rings is 2. The number of halogens is 4. The van der Waals surface area contributed by atoms with Crippen LogP contribution in [0.3, 0.4) is 0 Å². The van der Waals surface area contributed by atoms with Crippen molar-refractivity contribution < 1.29 is 22.4 Å². The van der Waals surface area contributed by atoms with Crippen LogP contribution in [0.1, 0.15) is 48.4 Å². The zero-order valence-corrected chi connectivity index (χ0v) is 19.4. The van der Waals surface area contributed by atoms with E-state index in [1.165, 1.54) is 18.5 Å². The van der Waals surface area contributed by atoms with Crippen molar-refractivity contribution in [3.8, 4) is 0 Å². The topological polar surface area (TPSA) is 61.4 Å². The molecule has 2 saturated heterocycles. The maximum Gasteiger partial charge on any atom is 0.416 e. The lowest BCUT2D eigenvalue weighted by Gasteiger charge is -2.27. The van der Waals surface area contributed by atoms with Gasteiger partial charge in [0.05, 0.1) is 11.6 Å². The zero-order valence-electron chi connectivity index (χ0n) is 19.4. The molecule has 1 N–H and O–H groups in total. The Labute approximate surface area is 206 Å². The Kier molecular flexibility index (Phi) is 6.51. The van der Waals surface area contributed by atoms with Crippen LogP contribution in [-0.2, 0) is 17.5 Å². The van der Waals surface area contributed by atoms with E-state index >= 15 is 4.39 Å². The number of anilines is 3. The lowest BCUT2D eigenvalue weighted by Crippen LogP contribution is -2.25. The van der Waals surface area contributed by atoms with Gasteiger partial charge in [0.25, 0.3) is 0 Å². The summed E-state index contributed by atoms with van der Waals surface area (Å²) >= 11 is 0. The molecule has 3 aromatic rings. The summed E-state index contributed by atoms with van der Waals surface area (Å²) in [4.78, 5) is 23.7. The molecule has 188 valence electrons. The van der Waals surface area contributed by atoms with E-state index in [2.05, 4.69) is 15.3 Å². The summed E-state index contributed by atoms with van der Waals surface area (Å²) in [5.41, 5.74) is 1.72. The molecule has 0 bridgehead atoms. The number of amides is 1. The number of rotatable bonds is 6. The summed E-state index contributed by atoms with van der Waals surface area (Å²) in [5.74, 6) is -0.307. The molecule has 10 heteroatoms. The monoisotopic (exact) mass is 499 g/mol. The van der Waals surface area contributed by atoms with Crippen LogP contribution in [0.2, 0.25) is 0 Å². The van der Waals surface area contributed by atoms with Crippen LogP contribution in [0, 0.1) is 5.82 Å². The van der Waals surface area contributed by atoms with Gasteiger partial charge in [-0.05, 0) is 54.7 Å². The first-order valence-electron chi connectivity index (χ1n) is 11.9. The molecule has 36 heavy (non-hydrogen) atoms. The molecule has 1 amide bonds. The number of carbonyl (C=O) groups is 1. The van der Waals surface area contributed by atoms with E-state index in [0.717, 1.165) is 42.8 Å². The Morgan fingerprint density at radius 3 is 2.39 bits per heavy atom. The summed E-state index contributed by atoms with van der Waals surface area (Å²) in [6.45, 7) is 1.58. The fraction of sp³-hybridized carbons (Fsp3) is 0.346. The van der Waals surface area contributed by atoms with Crippen molar-refractivity contribution in [3.63, 3.8) is 0 Å². The van der Waals surface area contributed by atoms with Gasteiger partial charge in [0.15, 0.2) is 11.6 Å². The molecule has 1 aromatic heterocycles. The average molecular weight is 500 g/mol. The molecule has 2 aliphatic heterocycles. The standard InChI is InChI=1S/C26H25F4N5O/c27-23-24(31-15-17-5-11-20(12-6-17)34-13-2-4-22(34)36)32-16-33-25(23)35-14-1-3-21(35)18-7-9-19(10-8-18)26(28,29)30/h5-12,16,21H,1-4,13-15H2,(H,31,32,33). The molecule has 2 aromatic carbocycles. The van der Waals surface area contributed by atoms with Crippen molar-refractivity contribution in [2.75, 3.05) is 28.2 Å². The first-order chi connectivity index (χ1) is 17.3. The van der Waals surface area contributed by atoms with Crippen molar-refractivity contribution in [3.05, 3.63) is 77.4 Å². The summed E-state index contributed by atoms with van der Waals surface area (Å²) in [5, 5.41) is 3.01. The number of alkyl halides is 3. The van der Waals surface area contributed by atoms with Crippen LogP contribution in [0.4, 0.5) is 34.9 Å². The van der Waals surface area contributed by atoms with Gasteiger partial charge in [-0.25, -0.2) is 9.97 Å². The minimum atomic E-state index is -4.40. The Morgan fingerprint density at radius 2 is 1.72 bits per heavy atom. The molecule has 6 nitrogen and oxygen atoms in total. The molecule has 1 atom stereocenters. The van der Waals surface area contributed by atoms with Crippen LogP contribution in [0.5, 0.6) is 0 Å². The minimum absolute atomic E-state index is 0.0527. The van der Waals surface area contributed by atoms with Gasteiger partial charge in [0.2, 0.25) is 11.7 Å². The Bertz CT molecular complexity index is 1230. The molecular formula is C26H25F4N5O. The van der Waals surface area contributed by atoms with Crippen LogP contribution in [0.25, 0.3) is 0 Å². The van der Waals surface area contributed by atoms with Crippen LogP contribution < -0.4 is 15.1 Å². The fourth-order valence-electron chi connectivity index (χ4n) is 4.85. The van der Waals surface area contributed by atoms with Gasteiger partial charge >= 0.3 is 6.18 Å². The third-order valence-electron chi connectivity index (χ3n) is 6.70. The fourth-order valence-corrected chi connectivity index (χ4v) is 4.85. The van der Waals surface area contributed by atoms with Crippen molar-refractivity contribution in [2.45, 2.75) is 44.4 Å². The highest BCUT2D eigenvalue weighted by atomic mass is 19.4. The molecule has 2 fully saturated rings. The maximum absolute atomic E-state index is 15.4. The van der Waals surface area contributed by atoms with E-state index in [1.54, 1.807) is 9.80 Å². The molecule has 1 unspecified atom stereocenters. The molecular weight excluding hydrogens is 474 g/mol. The second-order valence-electron chi connectivity index (χ2n) is 9.00. The molecule has 2 aliphatic rings. The van der Waals surface area contributed by atoms with Crippen LogP contribution in [-0.4, -0.2) is 29.0 Å². The maximum atomic E-state index is 15.4. The summed E-state index contributed by atoms with van der Waals surface area (Å²) < 4.78 is 54.2. The smallest absolute Gasteiger partial charge is 0.363 e. The van der Waals surface area contributed by atoms with Crippen molar-refractivity contribution in [1.29, 1.82) is 0 Å². The van der Waals surface area contributed by atoms with E-state index < -0.39 is 17.6 Å². The highest BCUT2D eigenvalue weighted by molar-refractivity contribution is 5.95. The lowest BCUT2D eigenvalue weighted by molar-refractivity contribution is -0.137. The van der Waals surface area contributed by atoms with Gasteiger partial charge in [-0.2, -0.15) is 17.6 Å². The first kappa shape index (κ1) is 24.0. The third kappa shape index (κ3) is 4.84. The van der Waals surface area contributed by atoms with Gasteiger partial charge in [0, 0.05) is 31.7 Å². The Balaban J connectivity index is 1.29. The van der Waals surface area contributed by atoms with Gasteiger partial charge in [-0.3, -0.25) is 4.79 Å². The third-order valence-corrected chi connectivity index (χ3v) is 6.70. The highest BCUT2D eigenvalue weighted by Crippen LogP contribution is 2.38.